The van der Waals surface area contributed by atoms with Gasteiger partial charge in [0.25, 0.3) is 0 Å². The zero-order valence-electron chi connectivity index (χ0n) is 12.8. The predicted molar refractivity (Wildman–Crippen MR) is 92.3 cm³/mol. The zero-order valence-corrected chi connectivity index (χ0v) is 13.6. The Morgan fingerprint density at radius 2 is 1.83 bits per heavy atom. The molecular formula is C18H15FN2O2S. The summed E-state index contributed by atoms with van der Waals surface area (Å²) in [5.41, 5.74) is 2.89. The van der Waals surface area contributed by atoms with Gasteiger partial charge in [0.2, 0.25) is 0 Å². The summed E-state index contributed by atoms with van der Waals surface area (Å²) in [5, 5.41) is 6.08. The normalized spacial score (nSPS) is 12.9. The molecular weight excluding hydrogens is 327 g/mol. The van der Waals surface area contributed by atoms with E-state index < -0.39 is 0 Å². The van der Waals surface area contributed by atoms with E-state index in [-0.39, 0.29) is 5.82 Å². The maximum Gasteiger partial charge on any atom is 0.183 e. The van der Waals surface area contributed by atoms with Crippen molar-refractivity contribution in [1.29, 1.82) is 0 Å². The SMILES string of the molecule is Fc1ccc(CNc2nc(-c3ccc4c(c3)OCCO4)cs2)cc1. The third-order valence-electron chi connectivity index (χ3n) is 3.70. The third-order valence-corrected chi connectivity index (χ3v) is 4.50. The second-order valence-corrected chi connectivity index (χ2v) is 6.23. The Morgan fingerprint density at radius 1 is 1.04 bits per heavy atom. The van der Waals surface area contributed by atoms with Crippen LogP contribution in [-0.2, 0) is 6.54 Å². The lowest BCUT2D eigenvalue weighted by atomic mass is 10.1. The number of halogens is 1. The molecule has 3 aromatic rings. The summed E-state index contributed by atoms with van der Waals surface area (Å²) in [6, 6.07) is 12.3. The average molecular weight is 342 g/mol. The largest absolute Gasteiger partial charge is 0.486 e. The van der Waals surface area contributed by atoms with Crippen molar-refractivity contribution < 1.29 is 13.9 Å². The molecule has 0 aliphatic carbocycles. The standard InChI is InChI=1S/C18H15FN2O2S/c19-14-4-1-12(2-5-14)10-20-18-21-15(11-24-18)13-3-6-16-17(9-13)23-8-7-22-16/h1-6,9,11H,7-8,10H2,(H,20,21). The summed E-state index contributed by atoms with van der Waals surface area (Å²) in [4.78, 5) is 4.60. The van der Waals surface area contributed by atoms with Gasteiger partial charge in [0.15, 0.2) is 16.6 Å². The maximum absolute atomic E-state index is 12.9. The van der Waals surface area contributed by atoms with Crippen LogP contribution in [0.15, 0.2) is 47.8 Å². The molecule has 0 unspecified atom stereocenters. The summed E-state index contributed by atoms with van der Waals surface area (Å²) in [6.45, 7) is 1.76. The Kier molecular flexibility index (Phi) is 4.04. The van der Waals surface area contributed by atoms with Crippen molar-refractivity contribution in [3.05, 3.63) is 59.2 Å². The molecule has 4 rings (SSSR count). The van der Waals surface area contributed by atoms with Crippen LogP contribution in [0.4, 0.5) is 9.52 Å². The van der Waals surface area contributed by atoms with Gasteiger partial charge in [0.1, 0.15) is 19.0 Å². The number of fused-ring (bicyclic) bond motifs is 1. The summed E-state index contributed by atoms with van der Waals surface area (Å²) < 4.78 is 24.1. The molecule has 0 saturated carbocycles. The van der Waals surface area contributed by atoms with Crippen LogP contribution in [0.3, 0.4) is 0 Å². The molecule has 1 N–H and O–H groups in total. The van der Waals surface area contributed by atoms with Crippen LogP contribution in [0.25, 0.3) is 11.3 Å². The molecule has 0 fully saturated rings. The lowest BCUT2D eigenvalue weighted by Gasteiger charge is -2.18. The molecule has 0 radical (unpaired) electrons. The molecule has 122 valence electrons. The monoisotopic (exact) mass is 342 g/mol. The van der Waals surface area contributed by atoms with E-state index in [1.165, 1.54) is 23.5 Å². The fraction of sp³-hybridized carbons (Fsp3) is 0.167. The smallest absolute Gasteiger partial charge is 0.183 e. The van der Waals surface area contributed by atoms with Gasteiger partial charge in [-0.3, -0.25) is 0 Å². The molecule has 2 heterocycles. The highest BCUT2D eigenvalue weighted by molar-refractivity contribution is 7.14. The number of nitrogens with zero attached hydrogens (tertiary/aromatic N) is 1. The highest BCUT2D eigenvalue weighted by Crippen LogP contribution is 2.35. The van der Waals surface area contributed by atoms with E-state index in [4.69, 9.17) is 9.47 Å². The quantitative estimate of drug-likeness (QED) is 0.766. The van der Waals surface area contributed by atoms with Gasteiger partial charge >= 0.3 is 0 Å². The summed E-state index contributed by atoms with van der Waals surface area (Å²) in [6.07, 6.45) is 0. The second-order valence-electron chi connectivity index (χ2n) is 5.38. The van der Waals surface area contributed by atoms with Crippen molar-refractivity contribution in [1.82, 2.24) is 4.98 Å². The molecule has 4 nitrogen and oxygen atoms in total. The van der Waals surface area contributed by atoms with Gasteiger partial charge < -0.3 is 14.8 Å². The molecule has 1 aliphatic rings. The lowest BCUT2D eigenvalue weighted by molar-refractivity contribution is 0.171. The molecule has 24 heavy (non-hydrogen) atoms. The Morgan fingerprint density at radius 3 is 2.67 bits per heavy atom. The number of aromatic nitrogens is 1. The van der Waals surface area contributed by atoms with Crippen molar-refractivity contribution in [2.45, 2.75) is 6.54 Å². The van der Waals surface area contributed by atoms with Gasteiger partial charge in [-0.15, -0.1) is 11.3 Å². The highest BCUT2D eigenvalue weighted by Gasteiger charge is 2.13. The number of ether oxygens (including phenoxy) is 2. The first-order chi connectivity index (χ1) is 11.8. The van der Waals surface area contributed by atoms with E-state index in [1.54, 1.807) is 12.1 Å². The van der Waals surface area contributed by atoms with Crippen LogP contribution in [0, 0.1) is 5.82 Å². The molecule has 0 amide bonds. The Balaban J connectivity index is 1.47. The van der Waals surface area contributed by atoms with Gasteiger partial charge in [-0.25, -0.2) is 9.37 Å². The topological polar surface area (TPSA) is 43.4 Å². The molecule has 2 aromatic carbocycles. The van der Waals surface area contributed by atoms with Gasteiger partial charge in [-0.05, 0) is 35.9 Å². The van der Waals surface area contributed by atoms with Crippen molar-refractivity contribution in [3.63, 3.8) is 0 Å². The second kappa shape index (κ2) is 6.49. The first-order valence-corrected chi connectivity index (χ1v) is 8.50. The number of thiazole rings is 1. The molecule has 0 saturated heterocycles. The van der Waals surface area contributed by atoms with E-state index in [1.807, 2.05) is 23.6 Å². The van der Waals surface area contributed by atoms with Crippen molar-refractivity contribution in [2.24, 2.45) is 0 Å². The zero-order chi connectivity index (χ0) is 16.4. The van der Waals surface area contributed by atoms with Crippen molar-refractivity contribution in [2.75, 3.05) is 18.5 Å². The molecule has 0 bridgehead atoms. The summed E-state index contributed by atoms with van der Waals surface area (Å²) >= 11 is 1.54. The molecule has 6 heteroatoms. The van der Waals surface area contributed by atoms with Crippen LogP contribution >= 0.6 is 11.3 Å². The lowest BCUT2D eigenvalue weighted by Crippen LogP contribution is -2.15. The van der Waals surface area contributed by atoms with E-state index in [9.17, 15) is 4.39 Å². The number of hydrogen-bond donors (Lipinski definition) is 1. The minimum absolute atomic E-state index is 0.228. The number of nitrogens with one attached hydrogen (secondary N) is 1. The molecule has 1 aliphatic heterocycles. The van der Waals surface area contributed by atoms with Gasteiger partial charge in [-0.1, -0.05) is 12.1 Å². The van der Waals surface area contributed by atoms with Gasteiger partial charge in [-0.2, -0.15) is 0 Å². The van der Waals surface area contributed by atoms with E-state index in [2.05, 4.69) is 10.3 Å². The van der Waals surface area contributed by atoms with Crippen LogP contribution in [-0.4, -0.2) is 18.2 Å². The number of benzene rings is 2. The van der Waals surface area contributed by atoms with Gasteiger partial charge in [0, 0.05) is 17.5 Å². The van der Waals surface area contributed by atoms with E-state index >= 15 is 0 Å². The fourth-order valence-electron chi connectivity index (χ4n) is 2.47. The van der Waals surface area contributed by atoms with Crippen LogP contribution < -0.4 is 14.8 Å². The number of rotatable bonds is 4. The van der Waals surface area contributed by atoms with Gasteiger partial charge in [0.05, 0.1) is 5.69 Å². The number of hydrogen-bond acceptors (Lipinski definition) is 5. The van der Waals surface area contributed by atoms with Crippen LogP contribution in [0.5, 0.6) is 11.5 Å². The van der Waals surface area contributed by atoms with Crippen LogP contribution in [0.2, 0.25) is 0 Å². The summed E-state index contributed by atoms with van der Waals surface area (Å²) in [5.74, 6) is 1.30. The van der Waals surface area contributed by atoms with Crippen LogP contribution in [0.1, 0.15) is 5.56 Å². The minimum Gasteiger partial charge on any atom is -0.486 e. The minimum atomic E-state index is -0.228. The van der Waals surface area contributed by atoms with Crippen molar-refractivity contribution in [3.8, 4) is 22.8 Å². The van der Waals surface area contributed by atoms with Crippen molar-refractivity contribution >= 4 is 16.5 Å². The molecule has 0 spiro atoms. The van der Waals surface area contributed by atoms with E-state index in [0.29, 0.717) is 19.8 Å². The molecule has 0 atom stereocenters. The average Bonchev–Trinajstić information content (AvgIpc) is 3.10. The predicted octanol–water partition coefficient (Wildman–Crippen LogP) is 4.33. The Bertz CT molecular complexity index is 848. The first kappa shape index (κ1) is 15.0. The molecule has 1 aromatic heterocycles. The first-order valence-electron chi connectivity index (χ1n) is 7.62. The Labute approximate surface area is 142 Å². The Hall–Kier alpha value is -2.60. The third kappa shape index (κ3) is 3.19. The maximum atomic E-state index is 12.9. The fourth-order valence-corrected chi connectivity index (χ4v) is 3.19. The highest BCUT2D eigenvalue weighted by atomic mass is 32.1. The van der Waals surface area contributed by atoms with E-state index in [0.717, 1.165) is 33.5 Å². The number of anilines is 1. The summed E-state index contributed by atoms with van der Waals surface area (Å²) in [7, 11) is 0.